The van der Waals surface area contributed by atoms with Crippen LogP contribution in [0.4, 0.5) is 0 Å². The van der Waals surface area contributed by atoms with Crippen molar-refractivity contribution < 1.29 is 9.47 Å². The van der Waals surface area contributed by atoms with Crippen LogP contribution in [0.2, 0.25) is 5.02 Å². The molecule has 2 rings (SSSR count). The lowest BCUT2D eigenvalue weighted by atomic mass is 10.1. The Labute approximate surface area is 130 Å². The van der Waals surface area contributed by atoms with E-state index in [9.17, 15) is 0 Å². The second kappa shape index (κ2) is 7.91. The van der Waals surface area contributed by atoms with E-state index in [0.717, 1.165) is 17.7 Å². The van der Waals surface area contributed by atoms with E-state index in [-0.39, 0.29) is 0 Å². The van der Waals surface area contributed by atoms with Gasteiger partial charge in [0.25, 0.3) is 0 Å². The minimum absolute atomic E-state index is 0.540. The Kier molecular flexibility index (Phi) is 5.90. The summed E-state index contributed by atoms with van der Waals surface area (Å²) in [5.74, 6) is 1.39. The van der Waals surface area contributed by atoms with Crippen molar-refractivity contribution >= 4 is 11.6 Å². The number of methoxy groups -OCH3 is 1. The molecule has 0 aliphatic rings. The first kappa shape index (κ1) is 15.7. The molecule has 2 N–H and O–H groups in total. The maximum Gasteiger partial charge on any atom is 0.164 e. The zero-order valence-electron chi connectivity index (χ0n) is 12.1. The van der Waals surface area contributed by atoms with E-state index in [1.807, 2.05) is 24.3 Å². The highest BCUT2D eigenvalue weighted by Gasteiger charge is 2.12. The third-order valence-corrected chi connectivity index (χ3v) is 3.43. The molecule has 21 heavy (non-hydrogen) atoms. The van der Waals surface area contributed by atoms with Crippen LogP contribution in [0.15, 0.2) is 42.5 Å². The summed E-state index contributed by atoms with van der Waals surface area (Å²) in [6.45, 7) is 1.12. The Morgan fingerprint density at radius 2 is 1.86 bits per heavy atom. The van der Waals surface area contributed by atoms with E-state index in [2.05, 4.69) is 12.1 Å². The molecule has 0 saturated carbocycles. The number of rotatable bonds is 7. The van der Waals surface area contributed by atoms with Crippen molar-refractivity contribution in [2.24, 2.45) is 5.73 Å². The standard InChI is InChI=1S/C17H20ClNO2/c1-20-16-12-15(18)11-14(7-9-19)17(16)21-10-8-13-5-3-2-4-6-13/h2-6,11-12H,7-10,19H2,1H3. The van der Waals surface area contributed by atoms with E-state index in [1.54, 1.807) is 13.2 Å². The molecule has 0 bridgehead atoms. The fourth-order valence-electron chi connectivity index (χ4n) is 2.19. The number of benzene rings is 2. The van der Waals surface area contributed by atoms with Crippen LogP contribution in [0.5, 0.6) is 11.5 Å². The molecule has 0 unspecified atom stereocenters. The van der Waals surface area contributed by atoms with E-state index >= 15 is 0 Å². The highest BCUT2D eigenvalue weighted by Crippen LogP contribution is 2.35. The van der Waals surface area contributed by atoms with Crippen molar-refractivity contribution in [2.75, 3.05) is 20.3 Å². The van der Waals surface area contributed by atoms with E-state index in [0.29, 0.717) is 30.3 Å². The average Bonchev–Trinajstić information content (AvgIpc) is 2.50. The van der Waals surface area contributed by atoms with Gasteiger partial charge in [0.15, 0.2) is 11.5 Å². The maximum absolute atomic E-state index is 6.09. The number of ether oxygens (including phenoxy) is 2. The van der Waals surface area contributed by atoms with Gasteiger partial charge < -0.3 is 15.2 Å². The van der Waals surface area contributed by atoms with Gasteiger partial charge in [0.05, 0.1) is 13.7 Å². The van der Waals surface area contributed by atoms with Gasteiger partial charge in [-0.3, -0.25) is 0 Å². The molecular formula is C17H20ClNO2. The van der Waals surface area contributed by atoms with Crippen LogP contribution in [0.1, 0.15) is 11.1 Å². The minimum atomic E-state index is 0.540. The SMILES string of the molecule is COc1cc(Cl)cc(CCN)c1OCCc1ccccc1. The summed E-state index contributed by atoms with van der Waals surface area (Å²) in [7, 11) is 1.61. The smallest absolute Gasteiger partial charge is 0.164 e. The molecule has 2 aromatic carbocycles. The van der Waals surface area contributed by atoms with Crippen molar-refractivity contribution in [1.82, 2.24) is 0 Å². The highest BCUT2D eigenvalue weighted by molar-refractivity contribution is 6.30. The van der Waals surface area contributed by atoms with Crippen LogP contribution in [0.25, 0.3) is 0 Å². The summed E-state index contributed by atoms with van der Waals surface area (Å²) in [6.07, 6.45) is 1.55. The first-order chi connectivity index (χ1) is 10.2. The Hall–Kier alpha value is -1.71. The normalized spacial score (nSPS) is 10.4. The molecule has 0 aliphatic heterocycles. The van der Waals surface area contributed by atoms with E-state index in [1.165, 1.54) is 5.56 Å². The minimum Gasteiger partial charge on any atom is -0.493 e. The lowest BCUT2D eigenvalue weighted by Gasteiger charge is -2.15. The third-order valence-electron chi connectivity index (χ3n) is 3.21. The number of halogens is 1. The van der Waals surface area contributed by atoms with Crippen molar-refractivity contribution in [3.63, 3.8) is 0 Å². The molecule has 0 fully saturated rings. The van der Waals surface area contributed by atoms with Gasteiger partial charge in [-0.2, -0.15) is 0 Å². The molecule has 2 aromatic rings. The summed E-state index contributed by atoms with van der Waals surface area (Å²) in [5.41, 5.74) is 7.87. The van der Waals surface area contributed by atoms with Crippen LogP contribution >= 0.6 is 11.6 Å². The van der Waals surface area contributed by atoms with Gasteiger partial charge in [0.1, 0.15) is 0 Å². The van der Waals surface area contributed by atoms with Crippen molar-refractivity contribution in [1.29, 1.82) is 0 Å². The second-order valence-electron chi connectivity index (χ2n) is 4.72. The molecule has 0 saturated heterocycles. The summed E-state index contributed by atoms with van der Waals surface area (Å²) < 4.78 is 11.3. The van der Waals surface area contributed by atoms with Gasteiger partial charge in [-0.15, -0.1) is 0 Å². The molecule has 0 aromatic heterocycles. The van der Waals surface area contributed by atoms with Crippen LogP contribution < -0.4 is 15.2 Å². The average molecular weight is 306 g/mol. The van der Waals surface area contributed by atoms with Crippen LogP contribution in [-0.2, 0) is 12.8 Å². The van der Waals surface area contributed by atoms with Crippen molar-refractivity contribution in [3.8, 4) is 11.5 Å². The summed E-state index contributed by atoms with van der Waals surface area (Å²) in [4.78, 5) is 0. The molecule has 4 heteroatoms. The van der Waals surface area contributed by atoms with Crippen LogP contribution in [-0.4, -0.2) is 20.3 Å². The first-order valence-corrected chi connectivity index (χ1v) is 7.35. The topological polar surface area (TPSA) is 44.5 Å². The number of hydrogen-bond donors (Lipinski definition) is 1. The molecule has 0 heterocycles. The maximum atomic E-state index is 6.09. The van der Waals surface area contributed by atoms with Gasteiger partial charge in [0, 0.05) is 23.1 Å². The molecule has 0 atom stereocenters. The molecular weight excluding hydrogens is 286 g/mol. The summed E-state index contributed by atoms with van der Waals surface area (Å²) >= 11 is 6.09. The van der Waals surface area contributed by atoms with Gasteiger partial charge in [-0.25, -0.2) is 0 Å². The zero-order chi connectivity index (χ0) is 15.1. The molecule has 112 valence electrons. The van der Waals surface area contributed by atoms with Crippen molar-refractivity contribution in [2.45, 2.75) is 12.8 Å². The second-order valence-corrected chi connectivity index (χ2v) is 5.16. The molecule has 3 nitrogen and oxygen atoms in total. The Morgan fingerprint density at radius 1 is 1.10 bits per heavy atom. The number of nitrogens with two attached hydrogens (primary N) is 1. The Morgan fingerprint density at radius 3 is 2.52 bits per heavy atom. The molecule has 0 amide bonds. The summed E-state index contributed by atoms with van der Waals surface area (Å²) in [6, 6.07) is 13.9. The van der Waals surface area contributed by atoms with Gasteiger partial charge in [-0.05, 0) is 24.6 Å². The fraction of sp³-hybridized carbons (Fsp3) is 0.294. The Bertz CT molecular complexity index is 573. The fourth-order valence-corrected chi connectivity index (χ4v) is 2.43. The lowest BCUT2D eigenvalue weighted by molar-refractivity contribution is 0.294. The molecule has 0 spiro atoms. The monoisotopic (exact) mass is 305 g/mol. The van der Waals surface area contributed by atoms with Gasteiger partial charge >= 0.3 is 0 Å². The largest absolute Gasteiger partial charge is 0.493 e. The third kappa shape index (κ3) is 4.38. The quantitative estimate of drug-likeness (QED) is 0.852. The van der Waals surface area contributed by atoms with Gasteiger partial charge in [-0.1, -0.05) is 41.9 Å². The predicted molar refractivity (Wildman–Crippen MR) is 86.4 cm³/mol. The van der Waals surface area contributed by atoms with E-state index in [4.69, 9.17) is 26.8 Å². The van der Waals surface area contributed by atoms with Crippen LogP contribution in [0, 0.1) is 0 Å². The first-order valence-electron chi connectivity index (χ1n) is 6.97. The molecule has 0 radical (unpaired) electrons. The lowest BCUT2D eigenvalue weighted by Crippen LogP contribution is -2.08. The van der Waals surface area contributed by atoms with Gasteiger partial charge in [0.2, 0.25) is 0 Å². The summed E-state index contributed by atoms with van der Waals surface area (Å²) in [5, 5.41) is 0.630. The van der Waals surface area contributed by atoms with Crippen LogP contribution in [0.3, 0.4) is 0 Å². The highest BCUT2D eigenvalue weighted by atomic mass is 35.5. The van der Waals surface area contributed by atoms with Crippen molar-refractivity contribution in [3.05, 3.63) is 58.6 Å². The zero-order valence-corrected chi connectivity index (χ0v) is 12.9. The Balaban J connectivity index is 2.10. The number of hydrogen-bond acceptors (Lipinski definition) is 3. The predicted octanol–water partition coefficient (Wildman–Crippen LogP) is 3.47. The molecule has 0 aliphatic carbocycles. The van der Waals surface area contributed by atoms with E-state index < -0.39 is 0 Å².